The van der Waals surface area contributed by atoms with Crippen LogP contribution in [0.25, 0.3) is 21.7 Å². The lowest BCUT2D eigenvalue weighted by atomic mass is 9.91. The molecule has 7 heteroatoms. The van der Waals surface area contributed by atoms with Crippen LogP contribution in [0.3, 0.4) is 0 Å². The van der Waals surface area contributed by atoms with Gasteiger partial charge in [0.2, 0.25) is 5.91 Å². The highest BCUT2D eigenvalue weighted by atomic mass is 16.6. The number of hydrogen-bond donors (Lipinski definition) is 3. The molecule has 5 rings (SSSR count). The minimum Gasteiger partial charge on any atom is -0.464 e. The number of nitrogens with one attached hydrogen (secondary N) is 3. The van der Waals surface area contributed by atoms with Crippen LogP contribution in [0.5, 0.6) is 0 Å². The Balaban J connectivity index is 1.35. The summed E-state index contributed by atoms with van der Waals surface area (Å²) in [6.07, 6.45) is 3.07. The van der Waals surface area contributed by atoms with E-state index in [1.165, 1.54) is 0 Å². The van der Waals surface area contributed by atoms with Crippen LogP contribution in [0.4, 0.5) is 4.79 Å². The van der Waals surface area contributed by atoms with Crippen molar-refractivity contribution in [2.75, 3.05) is 0 Å². The number of H-pyrrole nitrogens is 1. The molecule has 2 amide bonds. The Kier molecular flexibility index (Phi) is 6.68. The molecule has 2 aromatic heterocycles. The maximum absolute atomic E-state index is 13.6. The lowest BCUT2D eigenvalue weighted by Crippen LogP contribution is -2.58. The third-order valence-corrected chi connectivity index (χ3v) is 6.67. The summed E-state index contributed by atoms with van der Waals surface area (Å²) in [5.41, 5.74) is 1.57. The lowest BCUT2D eigenvalue weighted by Gasteiger charge is -2.30. The summed E-state index contributed by atoms with van der Waals surface area (Å²) in [4.78, 5) is 29.9. The van der Waals surface area contributed by atoms with Gasteiger partial charge in [-0.15, -0.1) is 0 Å². The van der Waals surface area contributed by atoms with Crippen LogP contribution in [0, 0.1) is 0 Å². The average molecular weight is 496 g/mol. The topological polar surface area (TPSA) is 96.4 Å². The summed E-state index contributed by atoms with van der Waals surface area (Å²) in [7, 11) is 0. The molecule has 0 aliphatic rings. The Morgan fingerprint density at radius 3 is 2.49 bits per heavy atom. The number of fused-ring (bicyclic) bond motifs is 2. The number of ether oxygens (including phenoxy) is 1. The first kappa shape index (κ1) is 24.2. The predicted octanol–water partition coefficient (Wildman–Crippen LogP) is 6.02. The van der Waals surface area contributed by atoms with Gasteiger partial charge in [0.05, 0.1) is 12.3 Å². The molecule has 0 bridgehead atoms. The third kappa shape index (κ3) is 5.21. The van der Waals surface area contributed by atoms with Gasteiger partial charge in [0.15, 0.2) is 6.61 Å². The van der Waals surface area contributed by atoms with E-state index in [0.717, 1.165) is 32.8 Å². The molecule has 0 aliphatic heterocycles. The Bertz CT molecular complexity index is 1540. The minimum absolute atomic E-state index is 0.0510. The van der Waals surface area contributed by atoms with Crippen molar-refractivity contribution in [1.29, 1.82) is 0 Å². The van der Waals surface area contributed by atoms with Crippen molar-refractivity contribution in [2.24, 2.45) is 0 Å². The highest BCUT2D eigenvalue weighted by Gasteiger charge is 2.37. The molecule has 7 nitrogen and oxygen atoms in total. The number of carbonyl (C=O) groups excluding carboxylic acids is 2. The molecule has 3 N–H and O–H groups in total. The fourth-order valence-corrected chi connectivity index (χ4v) is 4.58. The van der Waals surface area contributed by atoms with Crippen LogP contribution in [-0.2, 0) is 22.6 Å². The number of aromatic nitrogens is 1. The Morgan fingerprint density at radius 2 is 1.68 bits per heavy atom. The minimum atomic E-state index is -1.28. The summed E-state index contributed by atoms with van der Waals surface area (Å²) in [6, 6.07) is 25.0. The molecule has 37 heavy (non-hydrogen) atoms. The fraction of sp³-hybridized carbons (Fsp3) is 0.200. The Hall–Kier alpha value is -4.52. The number of rotatable bonds is 8. The van der Waals surface area contributed by atoms with Gasteiger partial charge in [-0.25, -0.2) is 4.79 Å². The first-order valence-corrected chi connectivity index (χ1v) is 12.2. The number of furan rings is 1. The molecule has 0 spiro atoms. The van der Waals surface area contributed by atoms with Crippen molar-refractivity contribution in [2.45, 2.75) is 38.5 Å². The van der Waals surface area contributed by atoms with Crippen molar-refractivity contribution >= 4 is 33.7 Å². The van der Waals surface area contributed by atoms with E-state index in [-0.39, 0.29) is 25.0 Å². The van der Waals surface area contributed by atoms with Crippen LogP contribution < -0.4 is 10.6 Å². The van der Waals surface area contributed by atoms with Gasteiger partial charge < -0.3 is 24.8 Å². The normalized spacial score (nSPS) is 13.7. The molecule has 2 unspecified atom stereocenters. The number of benzene rings is 3. The molecule has 5 aromatic rings. The fourth-order valence-electron chi connectivity index (χ4n) is 4.58. The summed E-state index contributed by atoms with van der Waals surface area (Å²) in [6.45, 7) is 3.58. The quantitative estimate of drug-likeness (QED) is 0.245. The Morgan fingerprint density at radius 1 is 0.973 bits per heavy atom. The molecular weight excluding hydrogens is 466 g/mol. The summed E-state index contributed by atoms with van der Waals surface area (Å²) < 4.78 is 11.1. The van der Waals surface area contributed by atoms with Crippen molar-refractivity contribution in [3.8, 4) is 0 Å². The maximum atomic E-state index is 13.6. The van der Waals surface area contributed by atoms with E-state index in [0.29, 0.717) is 5.76 Å². The van der Waals surface area contributed by atoms with Crippen molar-refractivity contribution in [1.82, 2.24) is 15.6 Å². The van der Waals surface area contributed by atoms with Crippen LogP contribution in [0.15, 0.2) is 95.7 Å². The highest BCUT2D eigenvalue weighted by Crippen LogP contribution is 2.25. The SMILES string of the molecule is CC(NC(=O)C(C)(Cc1c[nH]c2ccccc12)NC(=O)OCc1occ2ccccc12)c1ccccc1. The van der Waals surface area contributed by atoms with Crippen LogP contribution >= 0.6 is 0 Å². The third-order valence-electron chi connectivity index (χ3n) is 6.67. The lowest BCUT2D eigenvalue weighted by molar-refractivity contribution is -0.127. The van der Waals surface area contributed by atoms with Crippen molar-refractivity contribution in [3.05, 3.63) is 108 Å². The van der Waals surface area contributed by atoms with Crippen molar-refractivity contribution in [3.63, 3.8) is 0 Å². The summed E-state index contributed by atoms with van der Waals surface area (Å²) in [5, 5.41) is 8.70. The van der Waals surface area contributed by atoms with E-state index in [4.69, 9.17) is 9.15 Å². The zero-order valence-corrected chi connectivity index (χ0v) is 20.8. The second kappa shape index (κ2) is 10.2. The standard InChI is InChI=1S/C30H29N3O4/c1-20(21-10-4-3-5-11-21)32-28(34)30(2,16-23-17-31-26-15-9-8-13-24(23)26)33-29(35)37-19-27-25-14-7-6-12-22(25)18-36-27/h3-15,17-18,20,31H,16,19H2,1-2H3,(H,32,34)(H,33,35). The summed E-state index contributed by atoms with van der Waals surface area (Å²) >= 11 is 0. The van der Waals surface area contributed by atoms with E-state index in [1.54, 1.807) is 13.2 Å². The number of para-hydroxylation sites is 1. The zero-order chi connectivity index (χ0) is 25.8. The summed E-state index contributed by atoms with van der Waals surface area (Å²) in [5.74, 6) is 0.237. The molecular formula is C30H29N3O4. The van der Waals surface area contributed by atoms with Crippen LogP contribution in [0.1, 0.15) is 36.8 Å². The zero-order valence-electron chi connectivity index (χ0n) is 20.8. The first-order valence-electron chi connectivity index (χ1n) is 12.2. The smallest absolute Gasteiger partial charge is 0.408 e. The maximum Gasteiger partial charge on any atom is 0.408 e. The van der Waals surface area contributed by atoms with E-state index < -0.39 is 11.6 Å². The van der Waals surface area contributed by atoms with Crippen LogP contribution in [-0.4, -0.2) is 22.5 Å². The molecule has 2 heterocycles. The van der Waals surface area contributed by atoms with Gasteiger partial charge in [0.25, 0.3) is 0 Å². The van der Waals surface area contributed by atoms with E-state index >= 15 is 0 Å². The van der Waals surface area contributed by atoms with Gasteiger partial charge in [0, 0.05) is 34.3 Å². The number of aromatic amines is 1. The largest absolute Gasteiger partial charge is 0.464 e. The van der Waals surface area contributed by atoms with E-state index in [2.05, 4.69) is 15.6 Å². The van der Waals surface area contributed by atoms with Gasteiger partial charge in [0.1, 0.15) is 11.3 Å². The monoisotopic (exact) mass is 495 g/mol. The predicted molar refractivity (Wildman–Crippen MR) is 143 cm³/mol. The molecule has 0 saturated carbocycles. The number of carbonyl (C=O) groups is 2. The number of amides is 2. The van der Waals surface area contributed by atoms with E-state index in [9.17, 15) is 9.59 Å². The van der Waals surface area contributed by atoms with E-state index in [1.807, 2.05) is 92.0 Å². The molecule has 0 saturated heterocycles. The van der Waals surface area contributed by atoms with Gasteiger partial charge in [-0.2, -0.15) is 0 Å². The number of hydrogen-bond acceptors (Lipinski definition) is 4. The molecule has 3 aromatic carbocycles. The Labute approximate surface area is 214 Å². The number of alkyl carbamates (subject to hydrolysis) is 1. The van der Waals surface area contributed by atoms with Gasteiger partial charge >= 0.3 is 6.09 Å². The molecule has 2 atom stereocenters. The van der Waals surface area contributed by atoms with Gasteiger partial charge in [-0.05, 0) is 31.0 Å². The molecule has 0 fully saturated rings. The van der Waals surface area contributed by atoms with Crippen LogP contribution in [0.2, 0.25) is 0 Å². The molecule has 0 aliphatic carbocycles. The molecule has 0 radical (unpaired) electrons. The van der Waals surface area contributed by atoms with Crippen molar-refractivity contribution < 1.29 is 18.7 Å². The van der Waals surface area contributed by atoms with Gasteiger partial charge in [-0.3, -0.25) is 4.79 Å². The highest BCUT2D eigenvalue weighted by molar-refractivity contribution is 5.92. The average Bonchev–Trinajstić information content (AvgIpc) is 3.52. The first-order chi connectivity index (χ1) is 17.9. The second-order valence-electron chi connectivity index (χ2n) is 9.42. The van der Waals surface area contributed by atoms with Gasteiger partial charge in [-0.1, -0.05) is 72.8 Å². The molecule has 188 valence electrons. The second-order valence-corrected chi connectivity index (χ2v) is 9.42.